The molecule has 8 heteroatoms. The van der Waals surface area contributed by atoms with Crippen LogP contribution in [0.1, 0.15) is 24.5 Å². The van der Waals surface area contributed by atoms with E-state index in [9.17, 15) is 14.4 Å². The number of urea groups is 1. The van der Waals surface area contributed by atoms with Crippen LogP contribution >= 0.6 is 0 Å². The number of aryl methyl sites for hydroxylation is 1. The monoisotopic (exact) mass is 380 g/mol. The van der Waals surface area contributed by atoms with E-state index < -0.39 is 11.9 Å². The first kappa shape index (κ1) is 20.5. The Labute approximate surface area is 162 Å². The van der Waals surface area contributed by atoms with Crippen molar-refractivity contribution in [3.8, 4) is 6.07 Å². The van der Waals surface area contributed by atoms with Crippen LogP contribution in [0.2, 0.25) is 0 Å². The number of nitrogens with one attached hydrogen (secondary N) is 2. The topological polar surface area (TPSA) is 112 Å². The van der Waals surface area contributed by atoms with Gasteiger partial charge in [0.2, 0.25) is 5.91 Å². The Morgan fingerprint density at radius 2 is 1.86 bits per heavy atom. The van der Waals surface area contributed by atoms with Crippen molar-refractivity contribution in [2.45, 2.75) is 19.8 Å². The summed E-state index contributed by atoms with van der Waals surface area (Å²) < 4.78 is 4.62. The van der Waals surface area contributed by atoms with Crippen LogP contribution < -0.4 is 15.8 Å². The first-order valence-corrected chi connectivity index (χ1v) is 8.47. The molecule has 0 fully saturated rings. The van der Waals surface area contributed by atoms with Gasteiger partial charge in [0, 0.05) is 19.0 Å². The number of rotatable bonds is 5. The highest BCUT2D eigenvalue weighted by Crippen LogP contribution is 2.17. The van der Waals surface area contributed by atoms with Crippen LogP contribution in [0.15, 0.2) is 48.5 Å². The number of carbonyl (C=O) groups excluding carboxylic acids is 3. The number of amides is 3. The minimum atomic E-state index is -0.579. The van der Waals surface area contributed by atoms with E-state index in [2.05, 4.69) is 15.5 Å². The zero-order chi connectivity index (χ0) is 20.5. The van der Waals surface area contributed by atoms with Crippen LogP contribution in [0.25, 0.3) is 0 Å². The van der Waals surface area contributed by atoms with E-state index in [-0.39, 0.29) is 12.4 Å². The normalized spacial score (nSPS) is 9.75. The Kier molecular flexibility index (Phi) is 7.11. The maximum atomic E-state index is 12.7. The van der Waals surface area contributed by atoms with Crippen molar-refractivity contribution in [1.82, 2.24) is 5.43 Å². The number of hydrazine groups is 1. The number of ether oxygens (including phenoxy) is 1. The number of nitriles is 1. The highest BCUT2D eigenvalue weighted by atomic mass is 16.5. The molecule has 0 aliphatic rings. The predicted octanol–water partition coefficient (Wildman–Crippen LogP) is 2.75. The predicted molar refractivity (Wildman–Crippen MR) is 103 cm³/mol. The van der Waals surface area contributed by atoms with E-state index in [0.29, 0.717) is 23.4 Å². The second-order valence-electron chi connectivity index (χ2n) is 5.87. The Hall–Kier alpha value is -3.86. The molecular weight excluding hydrogens is 360 g/mol. The lowest BCUT2D eigenvalue weighted by Gasteiger charge is -2.23. The summed E-state index contributed by atoms with van der Waals surface area (Å²) in [7, 11) is 1.33. The van der Waals surface area contributed by atoms with Crippen molar-refractivity contribution in [2.24, 2.45) is 0 Å². The van der Waals surface area contributed by atoms with Crippen molar-refractivity contribution in [3.63, 3.8) is 0 Å². The molecular formula is C20H20N4O4. The molecule has 0 saturated carbocycles. The zero-order valence-corrected chi connectivity index (χ0v) is 15.6. The van der Waals surface area contributed by atoms with Gasteiger partial charge in [-0.25, -0.2) is 9.80 Å². The van der Waals surface area contributed by atoms with Crippen LogP contribution in [0.4, 0.5) is 16.2 Å². The Morgan fingerprint density at radius 3 is 2.46 bits per heavy atom. The number of carbonyl (C=O) groups is 3. The molecule has 2 rings (SSSR count). The lowest BCUT2D eigenvalue weighted by Crippen LogP contribution is -2.47. The van der Waals surface area contributed by atoms with E-state index in [1.54, 1.807) is 42.5 Å². The molecule has 0 radical (unpaired) electrons. The van der Waals surface area contributed by atoms with Gasteiger partial charge in [0.1, 0.15) is 0 Å². The molecule has 0 aromatic heterocycles. The fourth-order valence-electron chi connectivity index (χ4n) is 2.41. The molecule has 0 aliphatic heterocycles. The number of hydrogen-bond acceptors (Lipinski definition) is 5. The molecule has 0 aliphatic carbocycles. The van der Waals surface area contributed by atoms with E-state index in [4.69, 9.17) is 5.26 Å². The quantitative estimate of drug-likeness (QED) is 0.612. The summed E-state index contributed by atoms with van der Waals surface area (Å²) in [6.07, 6.45) is 0.707. The van der Waals surface area contributed by atoms with Gasteiger partial charge in [-0.3, -0.25) is 15.0 Å². The first-order valence-electron chi connectivity index (χ1n) is 8.47. The van der Waals surface area contributed by atoms with Gasteiger partial charge < -0.3 is 10.1 Å². The van der Waals surface area contributed by atoms with Gasteiger partial charge >= 0.3 is 12.0 Å². The third-order valence-corrected chi connectivity index (χ3v) is 3.75. The van der Waals surface area contributed by atoms with Gasteiger partial charge in [-0.1, -0.05) is 12.1 Å². The van der Waals surface area contributed by atoms with Crippen molar-refractivity contribution in [1.29, 1.82) is 5.26 Å². The second kappa shape index (κ2) is 9.73. The molecule has 0 spiro atoms. The van der Waals surface area contributed by atoms with Gasteiger partial charge in [-0.15, -0.1) is 0 Å². The molecule has 0 unspecified atom stereocenters. The van der Waals surface area contributed by atoms with Crippen LogP contribution in [0.5, 0.6) is 0 Å². The van der Waals surface area contributed by atoms with E-state index in [1.165, 1.54) is 14.0 Å². The molecule has 0 heterocycles. The fraction of sp³-hybridized carbons (Fsp3) is 0.200. The molecule has 28 heavy (non-hydrogen) atoms. The summed E-state index contributed by atoms with van der Waals surface area (Å²) in [4.78, 5) is 35.5. The van der Waals surface area contributed by atoms with Crippen molar-refractivity contribution in [2.75, 3.05) is 17.4 Å². The maximum Gasteiger partial charge on any atom is 0.345 e. The molecule has 2 N–H and O–H groups in total. The van der Waals surface area contributed by atoms with Crippen molar-refractivity contribution < 1.29 is 19.1 Å². The van der Waals surface area contributed by atoms with Crippen LogP contribution in [-0.2, 0) is 20.7 Å². The molecule has 3 amide bonds. The summed E-state index contributed by atoms with van der Waals surface area (Å²) in [5.74, 6) is -0.738. The molecule has 8 nitrogen and oxygen atoms in total. The summed E-state index contributed by atoms with van der Waals surface area (Å²) in [6.45, 7) is 1.29. The Balaban J connectivity index is 2.15. The standard InChI is InChI=1S/C20H20N4O4/c1-14(25)23-24(18-9-6-16(13-21)7-10-18)20(27)22-17-5-3-4-15(12-17)8-11-19(26)28-2/h3-7,9-10,12H,8,11H2,1-2H3,(H,22,27)(H,23,25). The molecule has 2 aromatic carbocycles. The lowest BCUT2D eigenvalue weighted by molar-refractivity contribution is -0.140. The van der Waals surface area contributed by atoms with Crippen LogP contribution in [0, 0.1) is 11.3 Å². The molecule has 0 atom stereocenters. The minimum absolute atomic E-state index is 0.233. The molecule has 0 saturated heterocycles. The zero-order valence-electron chi connectivity index (χ0n) is 15.6. The van der Waals surface area contributed by atoms with Gasteiger partial charge in [0.25, 0.3) is 0 Å². The summed E-state index contributed by atoms with van der Waals surface area (Å²) >= 11 is 0. The highest BCUT2D eigenvalue weighted by Gasteiger charge is 2.17. The Morgan fingerprint density at radius 1 is 1.14 bits per heavy atom. The lowest BCUT2D eigenvalue weighted by atomic mass is 10.1. The summed E-state index contributed by atoms with van der Waals surface area (Å²) in [5, 5.41) is 12.7. The van der Waals surface area contributed by atoms with Gasteiger partial charge in [-0.05, 0) is 48.4 Å². The second-order valence-corrected chi connectivity index (χ2v) is 5.87. The van der Waals surface area contributed by atoms with Gasteiger partial charge in [0.05, 0.1) is 24.4 Å². The smallest absolute Gasteiger partial charge is 0.345 e. The molecule has 144 valence electrons. The number of methoxy groups -OCH3 is 1. The van der Waals surface area contributed by atoms with Crippen molar-refractivity contribution in [3.05, 3.63) is 59.7 Å². The number of esters is 1. The number of anilines is 2. The highest BCUT2D eigenvalue weighted by molar-refractivity contribution is 6.03. The molecule has 2 aromatic rings. The first-order chi connectivity index (χ1) is 13.4. The number of benzene rings is 2. The minimum Gasteiger partial charge on any atom is -0.469 e. The van der Waals surface area contributed by atoms with E-state index in [0.717, 1.165) is 10.6 Å². The average Bonchev–Trinajstić information content (AvgIpc) is 2.70. The van der Waals surface area contributed by atoms with E-state index >= 15 is 0 Å². The van der Waals surface area contributed by atoms with Crippen molar-refractivity contribution >= 4 is 29.3 Å². The van der Waals surface area contributed by atoms with Crippen LogP contribution in [-0.4, -0.2) is 25.0 Å². The van der Waals surface area contributed by atoms with Crippen LogP contribution in [0.3, 0.4) is 0 Å². The largest absolute Gasteiger partial charge is 0.469 e. The Bertz CT molecular complexity index is 903. The molecule has 0 bridgehead atoms. The maximum absolute atomic E-state index is 12.7. The summed E-state index contributed by atoms with van der Waals surface area (Å²) in [5.41, 5.74) is 4.65. The van der Waals surface area contributed by atoms with E-state index in [1.807, 2.05) is 12.1 Å². The van der Waals surface area contributed by atoms with Gasteiger partial charge in [-0.2, -0.15) is 5.26 Å². The number of nitrogens with zero attached hydrogens (tertiary/aromatic N) is 2. The number of hydrogen-bond donors (Lipinski definition) is 2. The van der Waals surface area contributed by atoms with Gasteiger partial charge in [0.15, 0.2) is 0 Å². The average molecular weight is 380 g/mol. The third-order valence-electron chi connectivity index (χ3n) is 3.75. The SMILES string of the molecule is COC(=O)CCc1cccc(NC(=O)N(NC(C)=O)c2ccc(C#N)cc2)c1. The summed E-state index contributed by atoms with van der Waals surface area (Å²) in [6, 6.07) is 14.7. The third kappa shape index (κ3) is 5.85. The fourth-order valence-corrected chi connectivity index (χ4v) is 2.41.